The molecule has 2 N–H and O–H groups in total. The summed E-state index contributed by atoms with van der Waals surface area (Å²) < 4.78 is 0. The number of pyridine rings is 1. The summed E-state index contributed by atoms with van der Waals surface area (Å²) in [5.74, 6) is 0. The Hall–Kier alpha value is -1.12. The third-order valence-corrected chi connectivity index (χ3v) is 1.91. The number of fused-ring (bicyclic) bond motifs is 1. The van der Waals surface area contributed by atoms with E-state index in [2.05, 4.69) is 4.98 Å². The van der Waals surface area contributed by atoms with Crippen molar-refractivity contribution in [2.75, 3.05) is 0 Å². The second-order valence-corrected chi connectivity index (χ2v) is 2.73. The molecule has 0 radical (unpaired) electrons. The van der Waals surface area contributed by atoms with Gasteiger partial charge in [-0.3, -0.25) is 4.98 Å². The third-order valence-electron chi connectivity index (χ3n) is 1.91. The summed E-state index contributed by atoms with van der Waals surface area (Å²) >= 11 is 0. The van der Waals surface area contributed by atoms with Crippen molar-refractivity contribution in [2.24, 2.45) is 5.73 Å². The molecule has 0 bridgehead atoms. The number of halogens is 1. The fraction of sp³-hybridized carbons (Fsp3) is 0.100. The molecule has 0 aliphatic rings. The average Bonchev–Trinajstić information content (AvgIpc) is 2.17. The van der Waals surface area contributed by atoms with Gasteiger partial charge in [0, 0.05) is 18.1 Å². The van der Waals surface area contributed by atoms with Gasteiger partial charge in [0.05, 0.1) is 5.52 Å². The number of benzene rings is 1. The zero-order valence-corrected chi connectivity index (χ0v) is 7.92. The highest BCUT2D eigenvalue weighted by atomic mass is 35.5. The maximum absolute atomic E-state index is 5.51. The van der Waals surface area contributed by atoms with Crippen molar-refractivity contribution in [3.8, 4) is 0 Å². The molecule has 2 nitrogen and oxygen atoms in total. The number of rotatable bonds is 1. The van der Waals surface area contributed by atoms with Gasteiger partial charge in [0.1, 0.15) is 0 Å². The van der Waals surface area contributed by atoms with Crippen LogP contribution in [0.1, 0.15) is 5.56 Å². The standard InChI is InChI=1S/C10H10N2.ClH/c11-7-8-3-4-9-2-1-5-12-10(9)6-8;/h1-6H,7,11H2;1H. The smallest absolute Gasteiger partial charge is 0.0705 e. The van der Waals surface area contributed by atoms with E-state index in [4.69, 9.17) is 5.73 Å². The predicted octanol–water partition coefficient (Wildman–Crippen LogP) is 2.12. The Balaban J connectivity index is 0.000000845. The monoisotopic (exact) mass is 194 g/mol. The molecule has 0 aliphatic heterocycles. The normalized spacial score (nSPS) is 9.62. The molecule has 3 heteroatoms. The molecule has 0 amide bonds. The lowest BCUT2D eigenvalue weighted by molar-refractivity contribution is 1.07. The van der Waals surface area contributed by atoms with Gasteiger partial charge in [0.2, 0.25) is 0 Å². The fourth-order valence-corrected chi connectivity index (χ4v) is 1.24. The molecule has 0 saturated carbocycles. The summed E-state index contributed by atoms with van der Waals surface area (Å²) in [6.45, 7) is 0.576. The third kappa shape index (κ3) is 1.97. The Morgan fingerprint density at radius 2 is 2.08 bits per heavy atom. The first-order valence-electron chi connectivity index (χ1n) is 3.94. The summed E-state index contributed by atoms with van der Waals surface area (Å²) in [5, 5.41) is 1.16. The minimum atomic E-state index is 0. The van der Waals surface area contributed by atoms with E-state index in [-0.39, 0.29) is 12.4 Å². The first kappa shape index (κ1) is 9.96. The van der Waals surface area contributed by atoms with Crippen molar-refractivity contribution in [3.05, 3.63) is 42.1 Å². The molecule has 0 unspecified atom stereocenters. The van der Waals surface area contributed by atoms with Gasteiger partial charge in [0.25, 0.3) is 0 Å². The molecule has 1 aromatic heterocycles. The Bertz CT molecular complexity index is 401. The Kier molecular flexibility index (Phi) is 3.23. The van der Waals surface area contributed by atoms with Gasteiger partial charge in [-0.25, -0.2) is 0 Å². The molecule has 2 rings (SSSR count). The van der Waals surface area contributed by atoms with Gasteiger partial charge >= 0.3 is 0 Å². The number of aromatic nitrogens is 1. The van der Waals surface area contributed by atoms with E-state index in [0.29, 0.717) is 6.54 Å². The second kappa shape index (κ2) is 4.21. The highest BCUT2D eigenvalue weighted by molar-refractivity contribution is 5.85. The first-order valence-corrected chi connectivity index (χ1v) is 3.94. The number of nitrogens with two attached hydrogens (primary N) is 1. The van der Waals surface area contributed by atoms with Crippen LogP contribution in [0.5, 0.6) is 0 Å². The maximum Gasteiger partial charge on any atom is 0.0705 e. The lowest BCUT2D eigenvalue weighted by Crippen LogP contribution is -1.95. The van der Waals surface area contributed by atoms with Gasteiger partial charge in [0.15, 0.2) is 0 Å². The zero-order valence-electron chi connectivity index (χ0n) is 7.10. The van der Waals surface area contributed by atoms with Crippen LogP contribution in [0.3, 0.4) is 0 Å². The van der Waals surface area contributed by atoms with Crippen LogP contribution in [0.2, 0.25) is 0 Å². The van der Waals surface area contributed by atoms with Crippen LogP contribution in [0.25, 0.3) is 10.9 Å². The lowest BCUT2D eigenvalue weighted by Gasteiger charge is -1.98. The SMILES string of the molecule is Cl.NCc1ccc2cccnc2c1. The molecule has 13 heavy (non-hydrogen) atoms. The van der Waals surface area contributed by atoms with Crippen LogP contribution in [0.4, 0.5) is 0 Å². The van der Waals surface area contributed by atoms with Gasteiger partial charge in [-0.05, 0) is 17.7 Å². The van der Waals surface area contributed by atoms with Crippen molar-refractivity contribution < 1.29 is 0 Å². The molecule has 68 valence electrons. The molecule has 0 atom stereocenters. The van der Waals surface area contributed by atoms with Crippen LogP contribution in [0, 0.1) is 0 Å². The van der Waals surface area contributed by atoms with Crippen molar-refractivity contribution >= 4 is 23.3 Å². The summed E-state index contributed by atoms with van der Waals surface area (Å²) in [6.07, 6.45) is 1.79. The van der Waals surface area contributed by atoms with Gasteiger partial charge < -0.3 is 5.73 Å². The van der Waals surface area contributed by atoms with Gasteiger partial charge in [-0.15, -0.1) is 12.4 Å². The highest BCUT2D eigenvalue weighted by Crippen LogP contribution is 2.12. The Morgan fingerprint density at radius 3 is 2.85 bits per heavy atom. The van der Waals surface area contributed by atoms with E-state index < -0.39 is 0 Å². The molecule has 1 heterocycles. The lowest BCUT2D eigenvalue weighted by atomic mass is 10.1. The second-order valence-electron chi connectivity index (χ2n) is 2.73. The fourth-order valence-electron chi connectivity index (χ4n) is 1.24. The number of nitrogens with zero attached hydrogens (tertiary/aromatic N) is 1. The van der Waals surface area contributed by atoms with E-state index in [1.807, 2.05) is 30.3 Å². The van der Waals surface area contributed by atoms with Crippen LogP contribution in [-0.2, 0) is 6.54 Å². The van der Waals surface area contributed by atoms with Crippen LogP contribution >= 0.6 is 12.4 Å². The Labute approximate surface area is 83.2 Å². The van der Waals surface area contributed by atoms with E-state index in [9.17, 15) is 0 Å². The minimum absolute atomic E-state index is 0. The molecule has 0 fully saturated rings. The van der Waals surface area contributed by atoms with E-state index in [1.165, 1.54) is 0 Å². The largest absolute Gasteiger partial charge is 0.326 e. The van der Waals surface area contributed by atoms with Crippen molar-refractivity contribution in [3.63, 3.8) is 0 Å². The van der Waals surface area contributed by atoms with Crippen molar-refractivity contribution in [2.45, 2.75) is 6.54 Å². The average molecular weight is 195 g/mol. The molecule has 0 aliphatic carbocycles. The maximum atomic E-state index is 5.51. The van der Waals surface area contributed by atoms with Crippen LogP contribution < -0.4 is 5.73 Å². The topological polar surface area (TPSA) is 38.9 Å². The quantitative estimate of drug-likeness (QED) is 0.756. The van der Waals surface area contributed by atoms with Crippen molar-refractivity contribution in [1.29, 1.82) is 0 Å². The summed E-state index contributed by atoms with van der Waals surface area (Å²) in [5.41, 5.74) is 7.65. The van der Waals surface area contributed by atoms with Crippen LogP contribution in [-0.4, -0.2) is 4.98 Å². The summed E-state index contributed by atoms with van der Waals surface area (Å²) in [6, 6.07) is 10.1. The van der Waals surface area contributed by atoms with Gasteiger partial charge in [-0.2, -0.15) is 0 Å². The zero-order chi connectivity index (χ0) is 8.39. The molecule has 0 spiro atoms. The highest BCUT2D eigenvalue weighted by Gasteiger charge is 1.93. The van der Waals surface area contributed by atoms with E-state index in [1.54, 1.807) is 6.20 Å². The summed E-state index contributed by atoms with van der Waals surface area (Å²) in [4.78, 5) is 4.23. The number of hydrogen-bond acceptors (Lipinski definition) is 2. The molecule has 1 aromatic carbocycles. The molecular weight excluding hydrogens is 184 g/mol. The molecule has 2 aromatic rings. The minimum Gasteiger partial charge on any atom is -0.326 e. The molecule has 0 saturated heterocycles. The van der Waals surface area contributed by atoms with Crippen LogP contribution in [0.15, 0.2) is 36.5 Å². The molecular formula is C10H11ClN2. The summed E-state index contributed by atoms with van der Waals surface area (Å²) in [7, 11) is 0. The van der Waals surface area contributed by atoms with E-state index in [0.717, 1.165) is 16.5 Å². The first-order chi connectivity index (χ1) is 5.90. The Morgan fingerprint density at radius 1 is 1.23 bits per heavy atom. The van der Waals surface area contributed by atoms with Crippen molar-refractivity contribution in [1.82, 2.24) is 4.98 Å². The number of hydrogen-bond donors (Lipinski definition) is 1. The van der Waals surface area contributed by atoms with E-state index >= 15 is 0 Å². The predicted molar refractivity (Wildman–Crippen MR) is 56.9 cm³/mol. The van der Waals surface area contributed by atoms with Gasteiger partial charge in [-0.1, -0.05) is 18.2 Å².